The largest absolute Gasteiger partial charge is 0.330 e. The summed E-state index contributed by atoms with van der Waals surface area (Å²) >= 11 is 0. The Balaban J connectivity index is 2.42. The van der Waals surface area contributed by atoms with Crippen molar-refractivity contribution in [2.24, 2.45) is 16.9 Å². The van der Waals surface area contributed by atoms with E-state index in [-0.39, 0.29) is 11.7 Å². The monoisotopic (exact) mass is 268 g/mol. The first-order valence-electron chi connectivity index (χ1n) is 6.20. The van der Waals surface area contributed by atoms with Crippen LogP contribution in [0.3, 0.4) is 0 Å². The van der Waals surface area contributed by atoms with Gasteiger partial charge in [-0.1, -0.05) is 37.3 Å². The van der Waals surface area contributed by atoms with Crippen LogP contribution in [0.2, 0.25) is 0 Å². The van der Waals surface area contributed by atoms with Crippen LogP contribution in [0, 0.1) is 5.41 Å². The molecule has 1 saturated carbocycles. The average Bonchev–Trinajstić information content (AvgIpc) is 3.10. The highest BCUT2D eigenvalue weighted by atomic mass is 32.2. The lowest BCUT2D eigenvalue weighted by atomic mass is 9.99. The Hall–Kier alpha value is -0.910. The Kier molecular flexibility index (Phi) is 3.49. The van der Waals surface area contributed by atoms with Gasteiger partial charge in [0.1, 0.15) is 0 Å². The topological polar surface area (TPSA) is 86.2 Å². The molecule has 0 heterocycles. The summed E-state index contributed by atoms with van der Waals surface area (Å²) < 4.78 is 24.3. The van der Waals surface area contributed by atoms with Gasteiger partial charge in [0.15, 0.2) is 9.84 Å². The van der Waals surface area contributed by atoms with Gasteiger partial charge in [0, 0.05) is 30.2 Å². The molecule has 2 atom stereocenters. The molecule has 0 saturated heterocycles. The third-order valence-electron chi connectivity index (χ3n) is 4.09. The van der Waals surface area contributed by atoms with Crippen LogP contribution in [0.15, 0.2) is 30.3 Å². The van der Waals surface area contributed by atoms with Gasteiger partial charge in [-0.05, 0) is 5.56 Å². The molecule has 1 fully saturated rings. The normalized spacial score (nSPS) is 25.9. The molecule has 1 aromatic carbocycles. The van der Waals surface area contributed by atoms with Gasteiger partial charge in [0.05, 0.1) is 5.25 Å². The summed E-state index contributed by atoms with van der Waals surface area (Å²) in [4.78, 5) is 0. The Bertz CT molecular complexity index is 509. The van der Waals surface area contributed by atoms with Gasteiger partial charge >= 0.3 is 0 Å². The van der Waals surface area contributed by atoms with Gasteiger partial charge in [-0.25, -0.2) is 8.42 Å². The maximum absolute atomic E-state index is 12.2. The molecule has 100 valence electrons. The molecule has 0 bridgehead atoms. The van der Waals surface area contributed by atoms with Gasteiger partial charge in [-0.3, -0.25) is 0 Å². The standard InChI is InChI=1S/C13H20N2O2S/c1-2-18(16,17)12-11(13(12,8-14)9-15)10-6-4-3-5-7-10/h3-7,11-12H,2,8-9,14-15H2,1H3/t11-,12+/m0/s1. The van der Waals surface area contributed by atoms with Gasteiger partial charge in [-0.2, -0.15) is 0 Å². The second-order valence-corrected chi connectivity index (χ2v) is 7.31. The van der Waals surface area contributed by atoms with Crippen molar-refractivity contribution in [1.29, 1.82) is 0 Å². The van der Waals surface area contributed by atoms with Crippen LogP contribution in [-0.2, 0) is 9.84 Å². The van der Waals surface area contributed by atoms with E-state index in [1.165, 1.54) is 0 Å². The number of nitrogens with two attached hydrogens (primary N) is 2. The van der Waals surface area contributed by atoms with Crippen molar-refractivity contribution < 1.29 is 8.42 Å². The minimum atomic E-state index is -3.11. The van der Waals surface area contributed by atoms with Crippen LogP contribution in [0.25, 0.3) is 0 Å². The van der Waals surface area contributed by atoms with E-state index in [0.29, 0.717) is 13.1 Å². The fourth-order valence-corrected chi connectivity index (χ4v) is 5.11. The summed E-state index contributed by atoms with van der Waals surface area (Å²) in [5, 5.41) is -0.424. The Morgan fingerprint density at radius 1 is 1.17 bits per heavy atom. The van der Waals surface area contributed by atoms with Gasteiger partial charge in [0.2, 0.25) is 0 Å². The van der Waals surface area contributed by atoms with Crippen LogP contribution < -0.4 is 11.5 Å². The molecule has 1 aliphatic carbocycles. The van der Waals surface area contributed by atoms with E-state index in [0.717, 1.165) is 5.56 Å². The minimum absolute atomic E-state index is 0.0568. The molecule has 4 N–H and O–H groups in total. The maximum atomic E-state index is 12.2. The van der Waals surface area contributed by atoms with Crippen LogP contribution in [-0.4, -0.2) is 32.5 Å². The fraction of sp³-hybridized carbons (Fsp3) is 0.538. The number of sulfone groups is 1. The third-order valence-corrected chi connectivity index (χ3v) is 6.41. The van der Waals surface area contributed by atoms with Crippen molar-refractivity contribution in [3.8, 4) is 0 Å². The van der Waals surface area contributed by atoms with Gasteiger partial charge < -0.3 is 11.5 Å². The molecule has 2 rings (SSSR count). The zero-order valence-corrected chi connectivity index (χ0v) is 11.4. The van der Waals surface area contributed by atoms with Crippen molar-refractivity contribution >= 4 is 9.84 Å². The third kappa shape index (κ3) is 1.86. The SMILES string of the molecule is CCS(=O)(=O)[C@@H]1[C@H](c2ccccc2)C1(CN)CN. The van der Waals surface area contributed by atoms with Gasteiger partial charge in [-0.15, -0.1) is 0 Å². The molecule has 4 nitrogen and oxygen atoms in total. The van der Waals surface area contributed by atoms with Crippen molar-refractivity contribution in [3.63, 3.8) is 0 Å². The number of rotatable bonds is 5. The number of hydrogen-bond acceptors (Lipinski definition) is 4. The fourth-order valence-electron chi connectivity index (χ4n) is 2.93. The molecule has 1 aromatic rings. The Morgan fingerprint density at radius 3 is 2.17 bits per heavy atom. The van der Waals surface area contributed by atoms with Crippen LogP contribution in [0.5, 0.6) is 0 Å². The highest BCUT2D eigenvalue weighted by molar-refractivity contribution is 7.92. The zero-order valence-electron chi connectivity index (χ0n) is 10.5. The number of hydrogen-bond donors (Lipinski definition) is 2. The van der Waals surface area contributed by atoms with Crippen LogP contribution in [0.4, 0.5) is 0 Å². The summed E-state index contributed by atoms with van der Waals surface area (Å²) in [5.74, 6) is 0.0848. The Labute approximate surface area is 108 Å². The first kappa shape index (κ1) is 13.5. The van der Waals surface area contributed by atoms with Gasteiger partial charge in [0.25, 0.3) is 0 Å². The smallest absolute Gasteiger partial charge is 0.154 e. The molecule has 0 aromatic heterocycles. The molecule has 0 unspecified atom stereocenters. The lowest BCUT2D eigenvalue weighted by Gasteiger charge is -2.12. The molecule has 0 aliphatic heterocycles. The average molecular weight is 268 g/mol. The molecule has 18 heavy (non-hydrogen) atoms. The molecule has 1 aliphatic rings. The first-order chi connectivity index (χ1) is 8.53. The maximum Gasteiger partial charge on any atom is 0.154 e. The number of benzene rings is 1. The molecular weight excluding hydrogens is 248 g/mol. The second-order valence-electron chi connectivity index (χ2n) is 4.90. The summed E-state index contributed by atoms with van der Waals surface area (Å²) in [6.45, 7) is 2.30. The lowest BCUT2D eigenvalue weighted by molar-refractivity contribution is 0.510. The quantitative estimate of drug-likeness (QED) is 0.814. The highest BCUT2D eigenvalue weighted by Crippen LogP contribution is 2.61. The Morgan fingerprint density at radius 2 is 1.72 bits per heavy atom. The van der Waals surface area contributed by atoms with E-state index < -0.39 is 20.5 Å². The van der Waals surface area contributed by atoms with E-state index in [2.05, 4.69) is 0 Å². The van der Waals surface area contributed by atoms with Crippen LogP contribution in [0.1, 0.15) is 18.4 Å². The second kappa shape index (κ2) is 4.64. The van der Waals surface area contributed by atoms with Crippen LogP contribution >= 0.6 is 0 Å². The lowest BCUT2D eigenvalue weighted by Crippen LogP contribution is -2.31. The summed E-state index contributed by atoms with van der Waals surface area (Å²) in [6, 6.07) is 9.66. The van der Waals surface area contributed by atoms with E-state index >= 15 is 0 Å². The first-order valence-corrected chi connectivity index (χ1v) is 7.91. The molecule has 0 spiro atoms. The zero-order chi connectivity index (χ0) is 13.4. The van der Waals surface area contributed by atoms with Crippen molar-refractivity contribution in [2.75, 3.05) is 18.8 Å². The highest BCUT2D eigenvalue weighted by Gasteiger charge is 2.68. The minimum Gasteiger partial charge on any atom is -0.330 e. The molecule has 5 heteroatoms. The molecular formula is C13H20N2O2S. The van der Waals surface area contributed by atoms with Crippen molar-refractivity contribution in [2.45, 2.75) is 18.1 Å². The predicted octanol–water partition coefficient (Wildman–Crippen LogP) is 0.491. The summed E-state index contributed by atoms with van der Waals surface area (Å²) in [6.07, 6.45) is 0. The summed E-state index contributed by atoms with van der Waals surface area (Å²) in [5.41, 5.74) is 12.2. The van der Waals surface area contributed by atoms with Crippen molar-refractivity contribution in [3.05, 3.63) is 35.9 Å². The van der Waals surface area contributed by atoms with E-state index in [1.54, 1.807) is 6.92 Å². The van der Waals surface area contributed by atoms with Crippen molar-refractivity contribution in [1.82, 2.24) is 0 Å². The van der Waals surface area contributed by atoms with E-state index in [9.17, 15) is 8.42 Å². The van der Waals surface area contributed by atoms with E-state index in [1.807, 2.05) is 30.3 Å². The van der Waals surface area contributed by atoms with E-state index in [4.69, 9.17) is 11.5 Å². The molecule has 0 radical (unpaired) electrons. The summed E-state index contributed by atoms with van der Waals surface area (Å²) in [7, 11) is -3.11. The predicted molar refractivity (Wildman–Crippen MR) is 73.0 cm³/mol. The molecule has 0 amide bonds.